The first-order chi connectivity index (χ1) is 8.99. The van der Waals surface area contributed by atoms with Crippen LogP contribution in [0.25, 0.3) is 0 Å². The Morgan fingerprint density at radius 1 is 1.32 bits per heavy atom. The third-order valence-corrected chi connectivity index (χ3v) is 3.14. The van der Waals surface area contributed by atoms with Crippen molar-refractivity contribution in [2.45, 2.75) is 32.6 Å². The molecule has 0 saturated carbocycles. The van der Waals surface area contributed by atoms with Crippen LogP contribution in [0.4, 0.5) is 5.69 Å². The van der Waals surface area contributed by atoms with Crippen LogP contribution in [0.5, 0.6) is 0 Å². The largest absolute Gasteiger partial charge is 0.381 e. The summed E-state index contributed by atoms with van der Waals surface area (Å²) in [6, 6.07) is 7.83. The van der Waals surface area contributed by atoms with Crippen LogP contribution in [0.3, 0.4) is 0 Å². The number of nitrogens with two attached hydrogens (primary N) is 1. The van der Waals surface area contributed by atoms with E-state index in [4.69, 9.17) is 10.5 Å². The van der Waals surface area contributed by atoms with E-state index in [1.54, 1.807) is 0 Å². The molecule has 0 aliphatic carbocycles. The van der Waals surface area contributed by atoms with E-state index in [-0.39, 0.29) is 11.3 Å². The first-order valence-corrected chi connectivity index (χ1v) is 6.68. The summed E-state index contributed by atoms with van der Waals surface area (Å²) in [7, 11) is 0. The molecule has 0 unspecified atom stereocenters. The molecular weight excluding hydrogens is 240 g/mol. The minimum absolute atomic E-state index is 0.0284. The fourth-order valence-electron chi connectivity index (χ4n) is 1.66. The number of nitrogens with one attached hydrogen (secondary N) is 1. The Morgan fingerprint density at radius 2 is 1.95 bits per heavy atom. The summed E-state index contributed by atoms with van der Waals surface area (Å²) >= 11 is 0. The zero-order chi connectivity index (χ0) is 14.3. The molecule has 0 aliphatic rings. The zero-order valence-electron chi connectivity index (χ0n) is 12.0. The third-order valence-electron chi connectivity index (χ3n) is 3.14. The van der Waals surface area contributed by atoms with Crippen molar-refractivity contribution in [2.24, 2.45) is 5.73 Å². The minimum atomic E-state index is -0.0441. The molecule has 0 spiro atoms. The maximum atomic E-state index is 11.6. The molecule has 0 radical (unpaired) electrons. The third kappa shape index (κ3) is 5.01. The molecule has 1 rings (SSSR count). The van der Waals surface area contributed by atoms with Gasteiger partial charge >= 0.3 is 0 Å². The van der Waals surface area contributed by atoms with Gasteiger partial charge in [0.15, 0.2) is 0 Å². The maximum Gasteiger partial charge on any atom is 0.226 e. The van der Waals surface area contributed by atoms with Crippen molar-refractivity contribution in [3.8, 4) is 0 Å². The molecule has 0 fully saturated rings. The second-order valence-electron chi connectivity index (χ2n) is 5.16. The Kier molecular flexibility index (Phi) is 5.99. The van der Waals surface area contributed by atoms with Crippen molar-refractivity contribution in [3.05, 3.63) is 29.8 Å². The van der Waals surface area contributed by atoms with Gasteiger partial charge in [0, 0.05) is 24.3 Å². The Balaban J connectivity index is 2.55. The highest BCUT2D eigenvalue weighted by Crippen LogP contribution is 2.23. The van der Waals surface area contributed by atoms with E-state index in [1.807, 2.05) is 31.2 Å². The average molecular weight is 264 g/mol. The summed E-state index contributed by atoms with van der Waals surface area (Å²) in [6.45, 7) is 7.80. The Morgan fingerprint density at radius 3 is 2.47 bits per heavy atom. The van der Waals surface area contributed by atoms with Gasteiger partial charge < -0.3 is 15.8 Å². The monoisotopic (exact) mass is 264 g/mol. The lowest BCUT2D eigenvalue weighted by atomic mass is 9.85. The van der Waals surface area contributed by atoms with Crippen molar-refractivity contribution in [3.63, 3.8) is 0 Å². The molecule has 4 nitrogen and oxygen atoms in total. The predicted molar refractivity (Wildman–Crippen MR) is 78.3 cm³/mol. The molecule has 0 atom stereocenters. The van der Waals surface area contributed by atoms with E-state index in [0.717, 1.165) is 5.69 Å². The molecule has 4 heteroatoms. The summed E-state index contributed by atoms with van der Waals surface area (Å²) in [5, 5.41) is 2.85. The van der Waals surface area contributed by atoms with Gasteiger partial charge in [-0.25, -0.2) is 0 Å². The van der Waals surface area contributed by atoms with Crippen LogP contribution in [-0.4, -0.2) is 25.7 Å². The Labute approximate surface area is 115 Å². The molecule has 0 aliphatic heterocycles. The van der Waals surface area contributed by atoms with Crippen molar-refractivity contribution < 1.29 is 9.53 Å². The quantitative estimate of drug-likeness (QED) is 0.743. The fraction of sp³-hybridized carbons (Fsp3) is 0.533. The van der Waals surface area contributed by atoms with E-state index in [9.17, 15) is 4.79 Å². The van der Waals surface area contributed by atoms with Crippen LogP contribution in [0.15, 0.2) is 24.3 Å². The number of anilines is 1. The Bertz CT molecular complexity index is 399. The van der Waals surface area contributed by atoms with Gasteiger partial charge in [0.25, 0.3) is 0 Å². The van der Waals surface area contributed by atoms with Crippen molar-refractivity contribution >= 4 is 11.6 Å². The SMILES string of the molecule is CCOCCC(=O)Nc1ccc(C(C)(C)CN)cc1. The number of rotatable bonds is 7. The summed E-state index contributed by atoms with van der Waals surface area (Å²) < 4.78 is 5.15. The van der Waals surface area contributed by atoms with Gasteiger partial charge in [-0.05, 0) is 24.6 Å². The van der Waals surface area contributed by atoms with Crippen molar-refractivity contribution in [1.29, 1.82) is 0 Å². The first kappa shape index (κ1) is 15.7. The molecular formula is C15H24N2O2. The average Bonchev–Trinajstić information content (AvgIpc) is 2.39. The van der Waals surface area contributed by atoms with Gasteiger partial charge in [-0.2, -0.15) is 0 Å². The number of hydrogen-bond donors (Lipinski definition) is 2. The van der Waals surface area contributed by atoms with Crippen LogP contribution in [0.1, 0.15) is 32.8 Å². The normalized spacial score (nSPS) is 11.4. The van der Waals surface area contributed by atoms with E-state index in [2.05, 4.69) is 19.2 Å². The molecule has 1 aromatic carbocycles. The van der Waals surface area contributed by atoms with Gasteiger partial charge in [0.2, 0.25) is 5.91 Å². The van der Waals surface area contributed by atoms with Gasteiger partial charge in [-0.1, -0.05) is 26.0 Å². The summed E-state index contributed by atoms with van der Waals surface area (Å²) in [6.07, 6.45) is 0.379. The summed E-state index contributed by atoms with van der Waals surface area (Å²) in [5.41, 5.74) is 7.67. The van der Waals surface area contributed by atoms with Gasteiger partial charge in [0.05, 0.1) is 13.0 Å². The van der Waals surface area contributed by atoms with Crippen LogP contribution in [0, 0.1) is 0 Å². The highest BCUT2D eigenvalue weighted by molar-refractivity contribution is 5.90. The second-order valence-corrected chi connectivity index (χ2v) is 5.16. The van der Waals surface area contributed by atoms with Crippen molar-refractivity contribution in [1.82, 2.24) is 0 Å². The summed E-state index contributed by atoms with van der Waals surface area (Å²) in [4.78, 5) is 11.6. The number of benzene rings is 1. The molecule has 3 N–H and O–H groups in total. The fourth-order valence-corrected chi connectivity index (χ4v) is 1.66. The smallest absolute Gasteiger partial charge is 0.226 e. The summed E-state index contributed by atoms with van der Waals surface area (Å²) in [5.74, 6) is -0.0284. The van der Waals surface area contributed by atoms with E-state index >= 15 is 0 Å². The highest BCUT2D eigenvalue weighted by atomic mass is 16.5. The molecule has 0 bridgehead atoms. The van der Waals surface area contributed by atoms with Crippen molar-refractivity contribution in [2.75, 3.05) is 25.1 Å². The van der Waals surface area contributed by atoms with E-state index in [1.165, 1.54) is 5.56 Å². The molecule has 19 heavy (non-hydrogen) atoms. The molecule has 1 amide bonds. The number of hydrogen-bond acceptors (Lipinski definition) is 3. The topological polar surface area (TPSA) is 64.3 Å². The number of carbonyl (C=O) groups is 1. The number of amides is 1. The van der Waals surface area contributed by atoms with Crippen LogP contribution in [-0.2, 0) is 14.9 Å². The minimum Gasteiger partial charge on any atom is -0.381 e. The molecule has 106 valence electrons. The lowest BCUT2D eigenvalue weighted by Gasteiger charge is -2.23. The molecule has 0 saturated heterocycles. The lowest BCUT2D eigenvalue weighted by molar-refractivity contribution is -0.117. The van der Waals surface area contributed by atoms with Crippen LogP contribution in [0.2, 0.25) is 0 Å². The van der Waals surface area contributed by atoms with E-state index < -0.39 is 0 Å². The molecule has 0 heterocycles. The predicted octanol–water partition coefficient (Wildman–Crippen LogP) is 2.29. The van der Waals surface area contributed by atoms with E-state index in [0.29, 0.717) is 26.2 Å². The standard InChI is InChI=1S/C15H24N2O2/c1-4-19-10-9-14(18)17-13-7-5-12(6-8-13)15(2,3)11-16/h5-8H,4,9-11,16H2,1-3H3,(H,17,18). The second kappa shape index (κ2) is 7.26. The van der Waals surface area contributed by atoms with Gasteiger partial charge in [0.1, 0.15) is 0 Å². The first-order valence-electron chi connectivity index (χ1n) is 6.68. The lowest BCUT2D eigenvalue weighted by Crippen LogP contribution is -2.28. The van der Waals surface area contributed by atoms with Gasteiger partial charge in [-0.3, -0.25) is 4.79 Å². The molecule has 0 aromatic heterocycles. The highest BCUT2D eigenvalue weighted by Gasteiger charge is 2.17. The van der Waals surface area contributed by atoms with Crippen LogP contribution >= 0.6 is 0 Å². The Hall–Kier alpha value is -1.39. The maximum absolute atomic E-state index is 11.6. The number of ether oxygens (including phenoxy) is 1. The molecule has 1 aromatic rings. The van der Waals surface area contributed by atoms with Gasteiger partial charge in [-0.15, -0.1) is 0 Å². The number of carbonyl (C=O) groups excluding carboxylic acids is 1. The zero-order valence-corrected chi connectivity index (χ0v) is 12.0. The van der Waals surface area contributed by atoms with Crippen LogP contribution < -0.4 is 11.1 Å².